The zero-order chi connectivity index (χ0) is 12.3. The summed E-state index contributed by atoms with van der Waals surface area (Å²) in [5, 5.41) is 6.41. The Morgan fingerprint density at radius 1 is 1.65 bits per heavy atom. The van der Waals surface area contributed by atoms with Gasteiger partial charge in [0.1, 0.15) is 0 Å². The molecule has 1 N–H and O–H groups in total. The van der Waals surface area contributed by atoms with E-state index in [4.69, 9.17) is 0 Å². The maximum Gasteiger partial charge on any atom is 0.185 e. The maximum absolute atomic E-state index is 4.63. The molecule has 4 nitrogen and oxygen atoms in total. The van der Waals surface area contributed by atoms with Crippen molar-refractivity contribution in [1.29, 1.82) is 0 Å². The van der Waals surface area contributed by atoms with Gasteiger partial charge in [0.05, 0.1) is 5.69 Å². The smallest absolute Gasteiger partial charge is 0.185 e. The normalized spacial score (nSPS) is 21.0. The van der Waals surface area contributed by atoms with Gasteiger partial charge in [0, 0.05) is 31.6 Å². The van der Waals surface area contributed by atoms with Crippen LogP contribution in [0.2, 0.25) is 0 Å². The van der Waals surface area contributed by atoms with E-state index in [0.717, 1.165) is 23.9 Å². The Bertz CT molecular complexity index is 352. The molecule has 1 unspecified atom stereocenters. The van der Waals surface area contributed by atoms with Crippen LogP contribution < -0.4 is 10.2 Å². The van der Waals surface area contributed by atoms with E-state index in [1.807, 2.05) is 7.05 Å². The van der Waals surface area contributed by atoms with Crippen LogP contribution in [0.15, 0.2) is 5.38 Å². The second-order valence-electron chi connectivity index (χ2n) is 4.81. The molecule has 1 aromatic heterocycles. The standard InChI is InChI=1S/C12H22N4S/c1-13-7-10-9-17-12(14-10)16(3)8-11-5-4-6-15(11)2/h9,11,13H,4-8H2,1-3H3. The molecule has 1 saturated heterocycles. The third kappa shape index (κ3) is 3.18. The van der Waals surface area contributed by atoms with E-state index in [-0.39, 0.29) is 0 Å². The van der Waals surface area contributed by atoms with Crippen LogP contribution in [0.3, 0.4) is 0 Å². The number of hydrogen-bond donors (Lipinski definition) is 1. The number of hydrogen-bond acceptors (Lipinski definition) is 5. The summed E-state index contributed by atoms with van der Waals surface area (Å²) in [6.45, 7) is 3.18. The molecule has 2 rings (SSSR count). The van der Waals surface area contributed by atoms with Crippen molar-refractivity contribution in [3.63, 3.8) is 0 Å². The summed E-state index contributed by atoms with van der Waals surface area (Å²) in [4.78, 5) is 9.38. The van der Waals surface area contributed by atoms with E-state index in [0.29, 0.717) is 6.04 Å². The molecule has 0 bridgehead atoms. The lowest BCUT2D eigenvalue weighted by Crippen LogP contribution is -2.36. The summed E-state index contributed by atoms with van der Waals surface area (Å²) in [6, 6.07) is 0.691. The number of anilines is 1. The summed E-state index contributed by atoms with van der Waals surface area (Å²) in [6.07, 6.45) is 2.65. The van der Waals surface area contributed by atoms with E-state index in [1.165, 1.54) is 19.4 Å². The highest BCUT2D eigenvalue weighted by atomic mass is 32.1. The Kier molecular flexibility index (Phi) is 4.36. The lowest BCUT2D eigenvalue weighted by Gasteiger charge is -2.25. The summed E-state index contributed by atoms with van der Waals surface area (Å²) < 4.78 is 0. The molecule has 0 aromatic carbocycles. The van der Waals surface area contributed by atoms with Gasteiger partial charge in [-0.15, -0.1) is 11.3 Å². The van der Waals surface area contributed by atoms with Crippen molar-refractivity contribution in [3.05, 3.63) is 11.1 Å². The summed E-state index contributed by atoms with van der Waals surface area (Å²) in [5.41, 5.74) is 1.14. The quantitative estimate of drug-likeness (QED) is 0.860. The molecule has 0 spiro atoms. The van der Waals surface area contributed by atoms with E-state index in [9.17, 15) is 0 Å². The molecular weight excluding hydrogens is 232 g/mol. The first kappa shape index (κ1) is 12.8. The molecular formula is C12H22N4S. The average Bonchev–Trinajstić information content (AvgIpc) is 2.90. The van der Waals surface area contributed by atoms with Crippen LogP contribution in [-0.2, 0) is 6.54 Å². The number of nitrogens with one attached hydrogen (secondary N) is 1. The van der Waals surface area contributed by atoms with Crippen LogP contribution in [0.1, 0.15) is 18.5 Å². The Hall–Kier alpha value is -0.650. The van der Waals surface area contributed by atoms with Gasteiger partial charge in [-0.3, -0.25) is 0 Å². The second-order valence-corrected chi connectivity index (χ2v) is 5.65. The number of likely N-dealkylation sites (tertiary alicyclic amines) is 1. The second kappa shape index (κ2) is 5.80. The predicted molar refractivity (Wildman–Crippen MR) is 73.8 cm³/mol. The van der Waals surface area contributed by atoms with Crippen LogP contribution >= 0.6 is 11.3 Å². The first-order chi connectivity index (χ1) is 8.20. The Morgan fingerprint density at radius 3 is 3.12 bits per heavy atom. The first-order valence-corrected chi connectivity index (χ1v) is 7.09. The van der Waals surface area contributed by atoms with Crippen molar-refractivity contribution in [3.8, 4) is 0 Å². The molecule has 17 heavy (non-hydrogen) atoms. The molecule has 96 valence electrons. The first-order valence-electron chi connectivity index (χ1n) is 6.21. The number of nitrogens with zero attached hydrogens (tertiary/aromatic N) is 3. The zero-order valence-corrected chi connectivity index (χ0v) is 11.8. The molecule has 1 aromatic rings. The third-order valence-electron chi connectivity index (χ3n) is 3.38. The van der Waals surface area contributed by atoms with Crippen LogP contribution in [0, 0.1) is 0 Å². The van der Waals surface area contributed by atoms with Crippen LogP contribution in [0.25, 0.3) is 0 Å². The molecule has 1 aliphatic heterocycles. The minimum Gasteiger partial charge on any atom is -0.350 e. The number of aromatic nitrogens is 1. The minimum absolute atomic E-state index is 0.691. The fourth-order valence-electron chi connectivity index (χ4n) is 2.34. The molecule has 0 radical (unpaired) electrons. The molecule has 2 heterocycles. The van der Waals surface area contributed by atoms with Crippen molar-refractivity contribution >= 4 is 16.5 Å². The average molecular weight is 254 g/mol. The Labute approximate surface area is 108 Å². The van der Waals surface area contributed by atoms with Crippen molar-refractivity contribution in [2.75, 3.05) is 39.1 Å². The van der Waals surface area contributed by atoms with Crippen LogP contribution in [0.4, 0.5) is 5.13 Å². The third-order valence-corrected chi connectivity index (χ3v) is 4.38. The van der Waals surface area contributed by atoms with Gasteiger partial charge in [-0.05, 0) is 33.5 Å². The molecule has 1 atom stereocenters. The van der Waals surface area contributed by atoms with Crippen LogP contribution in [-0.4, -0.2) is 50.2 Å². The summed E-state index contributed by atoms with van der Waals surface area (Å²) in [7, 11) is 6.32. The van der Waals surface area contributed by atoms with Gasteiger partial charge >= 0.3 is 0 Å². The van der Waals surface area contributed by atoms with Gasteiger partial charge in [-0.1, -0.05) is 0 Å². The highest BCUT2D eigenvalue weighted by Crippen LogP contribution is 2.22. The van der Waals surface area contributed by atoms with E-state index in [1.54, 1.807) is 11.3 Å². The molecule has 0 saturated carbocycles. The molecule has 1 aliphatic rings. The largest absolute Gasteiger partial charge is 0.350 e. The lowest BCUT2D eigenvalue weighted by atomic mass is 10.2. The fourth-order valence-corrected chi connectivity index (χ4v) is 3.14. The summed E-state index contributed by atoms with van der Waals surface area (Å²) in [5.74, 6) is 0. The number of rotatable bonds is 5. The Balaban J connectivity index is 1.91. The molecule has 0 amide bonds. The van der Waals surface area contributed by atoms with E-state index >= 15 is 0 Å². The van der Waals surface area contributed by atoms with Crippen molar-refractivity contribution in [2.45, 2.75) is 25.4 Å². The van der Waals surface area contributed by atoms with Crippen molar-refractivity contribution < 1.29 is 0 Å². The topological polar surface area (TPSA) is 31.4 Å². The van der Waals surface area contributed by atoms with Gasteiger partial charge in [-0.2, -0.15) is 0 Å². The molecule has 1 fully saturated rings. The predicted octanol–water partition coefficient (Wildman–Crippen LogP) is 1.39. The minimum atomic E-state index is 0.691. The van der Waals surface area contributed by atoms with Crippen LogP contribution in [0.5, 0.6) is 0 Å². The SMILES string of the molecule is CNCc1csc(N(C)CC2CCCN2C)n1. The van der Waals surface area contributed by atoms with E-state index in [2.05, 4.69) is 39.6 Å². The number of likely N-dealkylation sites (N-methyl/N-ethyl adjacent to an activating group) is 2. The highest BCUT2D eigenvalue weighted by Gasteiger charge is 2.22. The monoisotopic (exact) mass is 254 g/mol. The van der Waals surface area contributed by atoms with E-state index < -0.39 is 0 Å². The molecule has 5 heteroatoms. The highest BCUT2D eigenvalue weighted by molar-refractivity contribution is 7.13. The van der Waals surface area contributed by atoms with Gasteiger partial charge in [0.25, 0.3) is 0 Å². The van der Waals surface area contributed by atoms with Crippen molar-refractivity contribution in [1.82, 2.24) is 15.2 Å². The zero-order valence-electron chi connectivity index (χ0n) is 10.9. The fraction of sp³-hybridized carbons (Fsp3) is 0.750. The van der Waals surface area contributed by atoms with Gasteiger partial charge in [-0.25, -0.2) is 4.98 Å². The number of thiazole rings is 1. The van der Waals surface area contributed by atoms with Crippen molar-refractivity contribution in [2.24, 2.45) is 0 Å². The maximum atomic E-state index is 4.63. The van der Waals surface area contributed by atoms with Gasteiger partial charge < -0.3 is 15.1 Å². The molecule has 0 aliphatic carbocycles. The summed E-state index contributed by atoms with van der Waals surface area (Å²) >= 11 is 1.74. The Morgan fingerprint density at radius 2 is 2.47 bits per heavy atom. The van der Waals surface area contributed by atoms with Gasteiger partial charge in [0.15, 0.2) is 5.13 Å². The lowest BCUT2D eigenvalue weighted by molar-refractivity contribution is 0.314. The van der Waals surface area contributed by atoms with Gasteiger partial charge in [0.2, 0.25) is 0 Å².